The molecule has 116 valence electrons. The van der Waals surface area contributed by atoms with Crippen molar-refractivity contribution in [2.45, 2.75) is 20.3 Å². The average Bonchev–Trinajstić information content (AvgIpc) is 2.85. The number of anilines is 2. The van der Waals surface area contributed by atoms with Gasteiger partial charge in [0.2, 0.25) is 11.8 Å². The van der Waals surface area contributed by atoms with Gasteiger partial charge in [-0.1, -0.05) is 17.3 Å². The minimum atomic E-state index is -0.230. The maximum atomic E-state index is 11.9. The highest BCUT2D eigenvalue weighted by Gasteiger charge is 2.16. The van der Waals surface area contributed by atoms with Crippen molar-refractivity contribution >= 4 is 39.2 Å². The minimum Gasteiger partial charge on any atom is -0.360 e. The van der Waals surface area contributed by atoms with Crippen LogP contribution < -0.4 is 10.2 Å². The summed E-state index contributed by atoms with van der Waals surface area (Å²) < 4.78 is 5.68. The second-order valence-corrected chi connectivity index (χ2v) is 5.60. The van der Waals surface area contributed by atoms with Crippen molar-refractivity contribution in [1.82, 2.24) is 5.16 Å². The first-order valence-corrected chi connectivity index (χ1v) is 7.52. The molecule has 0 aliphatic carbocycles. The fraction of sp³-hybridized carbons (Fsp3) is 0.267. The van der Waals surface area contributed by atoms with E-state index in [0.717, 1.165) is 10.2 Å². The number of carbonyl (C=O) groups is 2. The number of nitrogens with zero attached hydrogens (tertiary/aromatic N) is 2. The summed E-state index contributed by atoms with van der Waals surface area (Å²) in [7, 11) is 0. The number of halogens is 1. The van der Waals surface area contributed by atoms with Crippen molar-refractivity contribution < 1.29 is 14.1 Å². The van der Waals surface area contributed by atoms with Gasteiger partial charge in [-0.05, 0) is 35.0 Å². The van der Waals surface area contributed by atoms with Crippen LogP contribution in [-0.4, -0.2) is 23.5 Å². The number of hydrogen-bond acceptors (Lipinski definition) is 4. The fourth-order valence-corrected chi connectivity index (χ4v) is 2.46. The highest BCUT2D eigenvalue weighted by molar-refractivity contribution is 9.10. The molecule has 22 heavy (non-hydrogen) atoms. The second-order valence-electron chi connectivity index (χ2n) is 4.74. The lowest BCUT2D eigenvalue weighted by atomic mass is 10.2. The van der Waals surface area contributed by atoms with Crippen LogP contribution in [0.15, 0.2) is 39.3 Å². The third-order valence-corrected chi connectivity index (χ3v) is 3.65. The molecule has 2 rings (SSSR count). The number of para-hydroxylation sites is 1. The molecule has 1 aromatic heterocycles. The van der Waals surface area contributed by atoms with Crippen LogP contribution in [0.1, 0.15) is 19.1 Å². The van der Waals surface area contributed by atoms with E-state index in [1.165, 1.54) is 6.92 Å². The summed E-state index contributed by atoms with van der Waals surface area (Å²) in [6.45, 7) is 3.49. The maximum absolute atomic E-state index is 11.9. The first-order valence-electron chi connectivity index (χ1n) is 6.73. The molecule has 0 atom stereocenters. The summed E-state index contributed by atoms with van der Waals surface area (Å²) in [5, 5.41) is 6.32. The van der Waals surface area contributed by atoms with Crippen molar-refractivity contribution in [3.05, 3.63) is 40.6 Å². The van der Waals surface area contributed by atoms with E-state index >= 15 is 0 Å². The number of benzene rings is 1. The van der Waals surface area contributed by atoms with Crippen LogP contribution >= 0.6 is 15.9 Å². The van der Waals surface area contributed by atoms with E-state index < -0.39 is 0 Å². The van der Waals surface area contributed by atoms with Crippen LogP contribution in [0.25, 0.3) is 0 Å². The number of rotatable bonds is 5. The Morgan fingerprint density at radius 3 is 2.68 bits per heavy atom. The molecule has 2 amide bonds. The Hall–Kier alpha value is -2.15. The molecule has 2 aromatic rings. The van der Waals surface area contributed by atoms with E-state index in [2.05, 4.69) is 26.4 Å². The van der Waals surface area contributed by atoms with E-state index in [9.17, 15) is 9.59 Å². The minimum absolute atomic E-state index is 0.128. The van der Waals surface area contributed by atoms with E-state index in [-0.39, 0.29) is 24.8 Å². The second kappa shape index (κ2) is 7.22. The number of nitrogens with one attached hydrogen (secondary N) is 1. The lowest BCUT2D eigenvalue weighted by Gasteiger charge is -2.22. The molecule has 0 fully saturated rings. The highest BCUT2D eigenvalue weighted by Crippen LogP contribution is 2.26. The largest absolute Gasteiger partial charge is 0.360 e. The first-order chi connectivity index (χ1) is 10.5. The summed E-state index contributed by atoms with van der Waals surface area (Å²) in [5.41, 5.74) is 0.736. The summed E-state index contributed by atoms with van der Waals surface area (Å²) >= 11 is 3.41. The smallest absolute Gasteiger partial charge is 0.227 e. The fourth-order valence-electron chi connectivity index (χ4n) is 1.96. The Bertz CT molecular complexity index is 684. The molecule has 0 unspecified atom stereocenters. The molecule has 0 spiro atoms. The number of aryl methyl sites for hydroxylation is 1. The van der Waals surface area contributed by atoms with Crippen molar-refractivity contribution in [3.63, 3.8) is 0 Å². The standard InChI is InChI=1S/C15H16BrN3O3/c1-10-9-14(18-22-10)17-15(21)7-8-19(11(2)20)13-6-4-3-5-12(13)16/h3-6,9H,7-8H2,1-2H3,(H,17,18,21). The molecule has 6 nitrogen and oxygen atoms in total. The molecule has 1 heterocycles. The molecule has 1 aromatic carbocycles. The number of carbonyl (C=O) groups excluding carboxylic acids is 2. The zero-order chi connectivity index (χ0) is 16.1. The molecule has 1 N–H and O–H groups in total. The molecule has 0 saturated heterocycles. The van der Waals surface area contributed by atoms with E-state index in [1.54, 1.807) is 17.9 Å². The summed E-state index contributed by atoms with van der Waals surface area (Å²) in [5.74, 6) is 0.634. The molecule has 0 aliphatic heterocycles. The quantitative estimate of drug-likeness (QED) is 0.882. The van der Waals surface area contributed by atoms with Crippen molar-refractivity contribution in [1.29, 1.82) is 0 Å². The molecular weight excluding hydrogens is 350 g/mol. The third-order valence-electron chi connectivity index (χ3n) is 2.98. The molecule has 0 aliphatic rings. The maximum Gasteiger partial charge on any atom is 0.227 e. The SMILES string of the molecule is CC(=O)N(CCC(=O)Nc1cc(C)on1)c1ccccc1Br. The number of hydrogen-bond donors (Lipinski definition) is 1. The Balaban J connectivity index is 1.99. The van der Waals surface area contributed by atoms with Gasteiger partial charge >= 0.3 is 0 Å². The Kier molecular flexibility index (Phi) is 5.32. The molecule has 0 bridgehead atoms. The van der Waals surface area contributed by atoms with Crippen LogP contribution in [-0.2, 0) is 9.59 Å². The normalized spacial score (nSPS) is 10.3. The van der Waals surface area contributed by atoms with Gasteiger partial charge in [0, 0.05) is 30.4 Å². The zero-order valence-electron chi connectivity index (χ0n) is 12.3. The van der Waals surface area contributed by atoms with E-state index in [0.29, 0.717) is 11.6 Å². The number of amides is 2. The zero-order valence-corrected chi connectivity index (χ0v) is 13.9. The molecule has 7 heteroatoms. The predicted molar refractivity (Wildman–Crippen MR) is 86.7 cm³/mol. The van der Waals surface area contributed by atoms with Crippen LogP contribution in [0.4, 0.5) is 11.5 Å². The molecule has 0 saturated carbocycles. The van der Waals surface area contributed by atoms with Gasteiger partial charge in [-0.25, -0.2) is 0 Å². The summed E-state index contributed by atoms with van der Waals surface area (Å²) in [4.78, 5) is 25.3. The number of aromatic nitrogens is 1. The van der Waals surface area contributed by atoms with Gasteiger partial charge in [-0.3, -0.25) is 9.59 Å². The van der Waals surface area contributed by atoms with Gasteiger partial charge in [-0.15, -0.1) is 0 Å². The predicted octanol–water partition coefficient (Wildman–Crippen LogP) is 3.13. The lowest BCUT2D eigenvalue weighted by molar-refractivity contribution is -0.117. The van der Waals surface area contributed by atoms with Gasteiger partial charge in [-0.2, -0.15) is 0 Å². The van der Waals surface area contributed by atoms with Crippen molar-refractivity contribution in [3.8, 4) is 0 Å². The van der Waals surface area contributed by atoms with Gasteiger partial charge in [0.1, 0.15) is 5.76 Å². The Morgan fingerprint density at radius 2 is 2.09 bits per heavy atom. The van der Waals surface area contributed by atoms with Gasteiger partial charge in [0.15, 0.2) is 5.82 Å². The molecule has 0 radical (unpaired) electrons. The summed E-state index contributed by atoms with van der Waals surface area (Å²) in [6, 6.07) is 9.02. The average molecular weight is 366 g/mol. The van der Waals surface area contributed by atoms with Crippen LogP contribution in [0.5, 0.6) is 0 Å². The third kappa shape index (κ3) is 4.17. The first kappa shape index (κ1) is 16.2. The lowest BCUT2D eigenvalue weighted by Crippen LogP contribution is -2.32. The molecular formula is C15H16BrN3O3. The van der Waals surface area contributed by atoms with Crippen molar-refractivity contribution in [2.75, 3.05) is 16.8 Å². The van der Waals surface area contributed by atoms with Crippen LogP contribution in [0.2, 0.25) is 0 Å². The highest BCUT2D eigenvalue weighted by atomic mass is 79.9. The van der Waals surface area contributed by atoms with Gasteiger partial charge < -0.3 is 14.7 Å². The Labute approximate surface area is 136 Å². The topological polar surface area (TPSA) is 75.4 Å². The van der Waals surface area contributed by atoms with Gasteiger partial charge in [0.05, 0.1) is 5.69 Å². The van der Waals surface area contributed by atoms with Crippen molar-refractivity contribution in [2.24, 2.45) is 0 Å². The van der Waals surface area contributed by atoms with Crippen LogP contribution in [0.3, 0.4) is 0 Å². The van der Waals surface area contributed by atoms with Gasteiger partial charge in [0.25, 0.3) is 0 Å². The Morgan fingerprint density at radius 1 is 1.36 bits per heavy atom. The van der Waals surface area contributed by atoms with E-state index in [4.69, 9.17) is 4.52 Å². The van der Waals surface area contributed by atoms with Crippen LogP contribution in [0, 0.1) is 6.92 Å². The summed E-state index contributed by atoms with van der Waals surface area (Å²) in [6.07, 6.45) is 0.160. The monoisotopic (exact) mass is 365 g/mol. The van der Waals surface area contributed by atoms with E-state index in [1.807, 2.05) is 24.3 Å².